The number of anilines is 2. The molecule has 1 fully saturated rings. The number of carbonyl (C=O) groups excluding carboxylic acids is 1. The van der Waals surface area contributed by atoms with Crippen LogP contribution in [0.3, 0.4) is 0 Å². The zero-order chi connectivity index (χ0) is 20.1. The molecule has 7 heteroatoms. The summed E-state index contributed by atoms with van der Waals surface area (Å²) in [6.07, 6.45) is 0.866. The smallest absolute Gasteiger partial charge is 0.292 e. The Balaban J connectivity index is 1.74. The van der Waals surface area contributed by atoms with Gasteiger partial charge in [-0.1, -0.05) is 38.1 Å². The molecular formula is C21H26N4O3. The van der Waals surface area contributed by atoms with Gasteiger partial charge in [-0.2, -0.15) is 0 Å². The molecule has 1 heterocycles. The second-order valence-corrected chi connectivity index (χ2v) is 7.34. The van der Waals surface area contributed by atoms with Crippen LogP contribution < -0.4 is 10.2 Å². The minimum atomic E-state index is -0.363. The largest absolute Gasteiger partial charge is 0.375 e. The van der Waals surface area contributed by atoms with Crippen molar-refractivity contribution < 1.29 is 9.72 Å². The van der Waals surface area contributed by atoms with Crippen LogP contribution in [0.5, 0.6) is 0 Å². The summed E-state index contributed by atoms with van der Waals surface area (Å²) in [5.41, 5.74) is 3.84. The first-order valence-electron chi connectivity index (χ1n) is 9.53. The van der Waals surface area contributed by atoms with Crippen LogP contribution in [0.2, 0.25) is 0 Å². The fourth-order valence-electron chi connectivity index (χ4n) is 3.32. The van der Waals surface area contributed by atoms with Crippen molar-refractivity contribution >= 4 is 23.5 Å². The van der Waals surface area contributed by atoms with Crippen LogP contribution >= 0.6 is 0 Å². The van der Waals surface area contributed by atoms with Crippen molar-refractivity contribution in [1.82, 2.24) is 4.90 Å². The molecule has 1 saturated heterocycles. The number of hydrogen-bond acceptors (Lipinski definition) is 5. The van der Waals surface area contributed by atoms with E-state index in [9.17, 15) is 14.9 Å². The maximum Gasteiger partial charge on any atom is 0.292 e. The zero-order valence-electron chi connectivity index (χ0n) is 16.3. The Morgan fingerprint density at radius 1 is 1.11 bits per heavy atom. The average molecular weight is 382 g/mol. The van der Waals surface area contributed by atoms with Crippen molar-refractivity contribution in [2.24, 2.45) is 0 Å². The minimum absolute atomic E-state index is 0.0640. The molecule has 1 aliphatic rings. The standard InChI is InChI=1S/C21H26N4O3/c1-16(2)18-5-3-17(4-6-18)14-22-20-13-19(7-8-21(20)25(27)28)24-11-9-23(15-26)10-12-24/h3-8,13,15-16,22H,9-12,14H2,1-2H3. The summed E-state index contributed by atoms with van der Waals surface area (Å²) >= 11 is 0. The molecule has 0 bridgehead atoms. The van der Waals surface area contributed by atoms with E-state index in [0.29, 0.717) is 44.3 Å². The number of rotatable bonds is 7. The lowest BCUT2D eigenvalue weighted by Gasteiger charge is -2.34. The van der Waals surface area contributed by atoms with Crippen LogP contribution in [0.25, 0.3) is 0 Å². The maximum atomic E-state index is 11.4. The number of carbonyl (C=O) groups is 1. The highest BCUT2D eigenvalue weighted by atomic mass is 16.6. The normalized spacial score (nSPS) is 14.2. The molecule has 0 saturated carbocycles. The van der Waals surface area contributed by atoms with Crippen molar-refractivity contribution in [2.45, 2.75) is 26.3 Å². The lowest BCUT2D eigenvalue weighted by molar-refractivity contribution is -0.384. The Kier molecular flexibility index (Phi) is 6.13. The van der Waals surface area contributed by atoms with E-state index in [1.165, 1.54) is 5.56 Å². The number of amides is 1. The predicted molar refractivity (Wildman–Crippen MR) is 111 cm³/mol. The molecule has 3 rings (SSSR count). The molecule has 0 aromatic heterocycles. The first-order valence-corrected chi connectivity index (χ1v) is 9.53. The Morgan fingerprint density at radius 3 is 2.36 bits per heavy atom. The van der Waals surface area contributed by atoms with Gasteiger partial charge in [-0.15, -0.1) is 0 Å². The topological polar surface area (TPSA) is 78.7 Å². The lowest BCUT2D eigenvalue weighted by Crippen LogP contribution is -2.45. The number of hydrogen-bond donors (Lipinski definition) is 1. The van der Waals surface area contributed by atoms with E-state index >= 15 is 0 Å². The number of piperazine rings is 1. The van der Waals surface area contributed by atoms with Crippen LogP contribution in [0.15, 0.2) is 42.5 Å². The Morgan fingerprint density at radius 2 is 1.79 bits per heavy atom. The van der Waals surface area contributed by atoms with E-state index in [-0.39, 0.29) is 10.6 Å². The molecule has 0 aliphatic carbocycles. The van der Waals surface area contributed by atoms with Crippen LogP contribution in [0.1, 0.15) is 30.9 Å². The average Bonchev–Trinajstić information content (AvgIpc) is 2.72. The van der Waals surface area contributed by atoms with Gasteiger partial charge in [0.05, 0.1) is 4.92 Å². The number of nitro groups is 1. The van der Waals surface area contributed by atoms with Gasteiger partial charge in [-0.3, -0.25) is 14.9 Å². The van der Waals surface area contributed by atoms with Gasteiger partial charge in [-0.05, 0) is 29.2 Å². The maximum absolute atomic E-state index is 11.4. The number of nitro benzene ring substituents is 1. The van der Waals surface area contributed by atoms with Gasteiger partial charge in [0.2, 0.25) is 6.41 Å². The predicted octanol–water partition coefficient (Wildman–Crippen LogP) is 3.61. The van der Waals surface area contributed by atoms with E-state index in [0.717, 1.165) is 17.7 Å². The van der Waals surface area contributed by atoms with Crippen molar-refractivity contribution in [3.05, 3.63) is 63.7 Å². The summed E-state index contributed by atoms with van der Waals surface area (Å²) in [7, 11) is 0. The van der Waals surface area contributed by atoms with Gasteiger partial charge in [0.1, 0.15) is 5.69 Å². The van der Waals surface area contributed by atoms with Crippen LogP contribution in [-0.4, -0.2) is 42.4 Å². The van der Waals surface area contributed by atoms with Crippen LogP contribution in [-0.2, 0) is 11.3 Å². The molecule has 1 N–H and O–H groups in total. The highest BCUT2D eigenvalue weighted by molar-refractivity contribution is 5.69. The van der Waals surface area contributed by atoms with Gasteiger partial charge in [0.15, 0.2) is 0 Å². The Hall–Kier alpha value is -3.09. The van der Waals surface area contributed by atoms with Gasteiger partial charge < -0.3 is 15.1 Å². The molecule has 1 amide bonds. The number of benzene rings is 2. The molecule has 1 aliphatic heterocycles. The van der Waals surface area contributed by atoms with Crippen LogP contribution in [0.4, 0.5) is 17.1 Å². The van der Waals surface area contributed by atoms with Gasteiger partial charge >= 0.3 is 0 Å². The summed E-state index contributed by atoms with van der Waals surface area (Å²) in [5.74, 6) is 0.472. The second kappa shape index (κ2) is 8.73. The first-order chi connectivity index (χ1) is 13.5. The number of nitrogens with one attached hydrogen (secondary N) is 1. The monoisotopic (exact) mass is 382 g/mol. The van der Waals surface area contributed by atoms with Crippen molar-refractivity contribution in [3.63, 3.8) is 0 Å². The third-order valence-corrected chi connectivity index (χ3v) is 5.13. The van der Waals surface area contributed by atoms with Crippen LogP contribution in [0, 0.1) is 10.1 Å². The third kappa shape index (κ3) is 4.60. The fourth-order valence-corrected chi connectivity index (χ4v) is 3.32. The molecule has 148 valence electrons. The highest BCUT2D eigenvalue weighted by Crippen LogP contribution is 2.30. The SMILES string of the molecule is CC(C)c1ccc(CNc2cc(N3CCN(C=O)CC3)ccc2[N+](=O)[O-])cc1. The molecule has 2 aromatic rings. The molecular weight excluding hydrogens is 356 g/mol. The molecule has 7 nitrogen and oxygen atoms in total. The summed E-state index contributed by atoms with van der Waals surface area (Å²) < 4.78 is 0. The minimum Gasteiger partial charge on any atom is -0.375 e. The number of nitrogens with zero attached hydrogens (tertiary/aromatic N) is 3. The fraction of sp³-hybridized carbons (Fsp3) is 0.381. The summed E-state index contributed by atoms with van der Waals surface area (Å²) in [6.45, 7) is 7.56. The van der Waals surface area contributed by atoms with Gasteiger partial charge in [0, 0.05) is 44.5 Å². The molecule has 0 unspecified atom stereocenters. The molecule has 2 aromatic carbocycles. The van der Waals surface area contributed by atoms with Crippen molar-refractivity contribution in [2.75, 3.05) is 36.4 Å². The molecule has 28 heavy (non-hydrogen) atoms. The summed E-state index contributed by atoms with van der Waals surface area (Å²) in [6, 6.07) is 13.4. The molecule has 0 spiro atoms. The van der Waals surface area contributed by atoms with E-state index < -0.39 is 0 Å². The van der Waals surface area contributed by atoms with E-state index in [1.807, 2.05) is 6.07 Å². The van der Waals surface area contributed by atoms with Crippen molar-refractivity contribution in [3.8, 4) is 0 Å². The van der Waals surface area contributed by atoms with E-state index in [1.54, 1.807) is 17.0 Å². The Labute approximate surface area is 165 Å². The zero-order valence-corrected chi connectivity index (χ0v) is 16.3. The first kappa shape index (κ1) is 19.7. The van der Waals surface area contributed by atoms with Crippen molar-refractivity contribution in [1.29, 1.82) is 0 Å². The Bertz CT molecular complexity index is 828. The third-order valence-electron chi connectivity index (χ3n) is 5.13. The second-order valence-electron chi connectivity index (χ2n) is 7.34. The highest BCUT2D eigenvalue weighted by Gasteiger charge is 2.20. The lowest BCUT2D eigenvalue weighted by atomic mass is 10.0. The molecule has 0 atom stereocenters. The van der Waals surface area contributed by atoms with Gasteiger partial charge in [0.25, 0.3) is 5.69 Å². The van der Waals surface area contributed by atoms with Gasteiger partial charge in [-0.25, -0.2) is 0 Å². The van der Waals surface area contributed by atoms with E-state index in [4.69, 9.17) is 0 Å². The quantitative estimate of drug-likeness (QED) is 0.450. The summed E-state index contributed by atoms with van der Waals surface area (Å²) in [5, 5.41) is 14.7. The molecule has 0 radical (unpaired) electrons. The summed E-state index contributed by atoms with van der Waals surface area (Å²) in [4.78, 5) is 25.8. The van der Waals surface area contributed by atoms with E-state index in [2.05, 4.69) is 48.3 Å².